The maximum atomic E-state index is 11.4. The Hall–Kier alpha value is -0.780. The van der Waals surface area contributed by atoms with Crippen molar-refractivity contribution in [2.75, 3.05) is 18.1 Å². The van der Waals surface area contributed by atoms with E-state index in [1.165, 1.54) is 0 Å². The van der Waals surface area contributed by atoms with Crippen LogP contribution in [0, 0.1) is 0 Å². The van der Waals surface area contributed by atoms with Gasteiger partial charge in [-0.25, -0.2) is 13.4 Å². The molecule has 0 saturated carbocycles. The first-order chi connectivity index (χ1) is 7.11. The molecule has 16 heavy (non-hydrogen) atoms. The van der Waals surface area contributed by atoms with E-state index in [0.717, 1.165) is 0 Å². The third-order valence-corrected chi connectivity index (χ3v) is 4.21. The van der Waals surface area contributed by atoms with E-state index in [2.05, 4.69) is 4.99 Å². The predicted octanol–water partition coefficient (Wildman–Crippen LogP) is 0.219. The fourth-order valence-corrected chi connectivity index (χ4v) is 3.30. The molecule has 0 radical (unpaired) electrons. The minimum Gasteiger partial charge on any atom is -0.370 e. The highest BCUT2D eigenvalue weighted by molar-refractivity contribution is 7.91. The fourth-order valence-electron chi connectivity index (χ4n) is 1.75. The first-order valence-corrected chi connectivity index (χ1v) is 7.25. The van der Waals surface area contributed by atoms with Crippen molar-refractivity contribution < 1.29 is 8.42 Å². The van der Waals surface area contributed by atoms with E-state index in [-0.39, 0.29) is 23.1 Å². The normalized spacial score (nSPS) is 26.9. The number of nitrogens with two attached hydrogens (primary N) is 1. The van der Waals surface area contributed by atoms with E-state index in [0.29, 0.717) is 12.5 Å². The van der Waals surface area contributed by atoms with Crippen LogP contribution >= 0.6 is 0 Å². The van der Waals surface area contributed by atoms with Gasteiger partial charge < -0.3 is 10.6 Å². The maximum Gasteiger partial charge on any atom is 0.192 e. The van der Waals surface area contributed by atoms with Crippen molar-refractivity contribution in [1.82, 2.24) is 4.90 Å². The summed E-state index contributed by atoms with van der Waals surface area (Å²) < 4.78 is 22.8. The minimum absolute atomic E-state index is 0.0927. The lowest BCUT2D eigenvalue weighted by Crippen LogP contribution is -2.53. The number of aliphatic imine (C=N–C) groups is 1. The zero-order valence-corrected chi connectivity index (χ0v) is 11.2. The van der Waals surface area contributed by atoms with Crippen LogP contribution in [0.2, 0.25) is 0 Å². The molecule has 0 amide bonds. The lowest BCUT2D eigenvalue weighted by molar-refractivity contribution is 0.344. The molecule has 0 aromatic rings. The third kappa shape index (κ3) is 3.66. The van der Waals surface area contributed by atoms with Gasteiger partial charge in [-0.15, -0.1) is 0 Å². The smallest absolute Gasteiger partial charge is 0.192 e. The second-order valence-electron chi connectivity index (χ2n) is 5.30. The van der Waals surface area contributed by atoms with Crippen LogP contribution in [-0.2, 0) is 9.84 Å². The zero-order valence-electron chi connectivity index (χ0n) is 10.4. The Morgan fingerprint density at radius 1 is 1.44 bits per heavy atom. The molecule has 1 fully saturated rings. The van der Waals surface area contributed by atoms with Crippen molar-refractivity contribution in [3.8, 4) is 0 Å². The molecule has 94 valence electrons. The van der Waals surface area contributed by atoms with E-state index in [1.54, 1.807) is 0 Å². The summed E-state index contributed by atoms with van der Waals surface area (Å²) in [5, 5.41) is 0. The largest absolute Gasteiger partial charge is 0.370 e. The summed E-state index contributed by atoms with van der Waals surface area (Å²) in [4.78, 5) is 6.22. The average Bonchev–Trinajstić information content (AvgIpc) is 1.97. The zero-order chi connectivity index (χ0) is 12.6. The molecule has 1 unspecified atom stereocenters. The SMILES string of the molecule is CC1CS(=O)(=O)CCN1C(N)=NC(C)(C)C. The van der Waals surface area contributed by atoms with Crippen molar-refractivity contribution in [3.63, 3.8) is 0 Å². The van der Waals surface area contributed by atoms with Gasteiger partial charge in [-0.3, -0.25) is 0 Å². The van der Waals surface area contributed by atoms with E-state index in [1.807, 2.05) is 32.6 Å². The van der Waals surface area contributed by atoms with Gasteiger partial charge in [-0.05, 0) is 27.7 Å². The van der Waals surface area contributed by atoms with Crippen LogP contribution in [-0.4, -0.2) is 48.9 Å². The standard InChI is InChI=1S/C10H21N3O2S/c1-8-7-16(14,15)6-5-13(8)9(11)12-10(2,3)4/h8H,5-7H2,1-4H3,(H2,11,12). The quantitative estimate of drug-likeness (QED) is 0.491. The van der Waals surface area contributed by atoms with E-state index >= 15 is 0 Å². The Bertz CT molecular complexity index is 381. The Labute approximate surface area is 97.6 Å². The lowest BCUT2D eigenvalue weighted by Gasteiger charge is -2.34. The molecule has 5 nitrogen and oxygen atoms in total. The molecule has 0 aromatic heterocycles. The van der Waals surface area contributed by atoms with E-state index < -0.39 is 9.84 Å². The van der Waals surface area contributed by atoms with Crippen LogP contribution in [0.4, 0.5) is 0 Å². The summed E-state index contributed by atoms with van der Waals surface area (Å²) in [5.74, 6) is 0.764. The highest BCUT2D eigenvalue weighted by Gasteiger charge is 2.29. The van der Waals surface area contributed by atoms with Crippen LogP contribution in [0.1, 0.15) is 27.7 Å². The van der Waals surface area contributed by atoms with Gasteiger partial charge >= 0.3 is 0 Å². The van der Waals surface area contributed by atoms with Crippen LogP contribution < -0.4 is 5.73 Å². The molecule has 1 atom stereocenters. The second kappa shape index (κ2) is 4.24. The Kier molecular flexibility index (Phi) is 3.52. The summed E-state index contributed by atoms with van der Waals surface area (Å²) in [6.07, 6.45) is 0. The third-order valence-electron chi connectivity index (χ3n) is 2.41. The lowest BCUT2D eigenvalue weighted by atomic mass is 10.1. The Balaban J connectivity index is 2.81. The highest BCUT2D eigenvalue weighted by atomic mass is 32.2. The van der Waals surface area contributed by atoms with Crippen molar-refractivity contribution >= 4 is 15.8 Å². The molecule has 0 aromatic carbocycles. The maximum absolute atomic E-state index is 11.4. The number of hydrogen-bond donors (Lipinski definition) is 1. The van der Waals surface area contributed by atoms with E-state index in [4.69, 9.17) is 5.73 Å². The molecule has 6 heteroatoms. The molecule has 0 spiro atoms. The van der Waals surface area contributed by atoms with Crippen LogP contribution in [0.15, 0.2) is 4.99 Å². The van der Waals surface area contributed by atoms with Gasteiger partial charge in [0, 0.05) is 12.6 Å². The van der Waals surface area contributed by atoms with Gasteiger partial charge in [0.1, 0.15) is 0 Å². The first-order valence-electron chi connectivity index (χ1n) is 5.43. The highest BCUT2D eigenvalue weighted by Crippen LogP contribution is 2.13. The Morgan fingerprint density at radius 3 is 2.44 bits per heavy atom. The minimum atomic E-state index is -2.89. The van der Waals surface area contributed by atoms with Gasteiger partial charge in [-0.2, -0.15) is 0 Å². The number of rotatable bonds is 0. The summed E-state index contributed by atoms with van der Waals surface area (Å²) in [6.45, 7) is 8.19. The van der Waals surface area contributed by atoms with Crippen LogP contribution in [0.3, 0.4) is 0 Å². The van der Waals surface area contributed by atoms with Crippen molar-refractivity contribution in [2.24, 2.45) is 10.7 Å². The predicted molar refractivity (Wildman–Crippen MR) is 66.2 cm³/mol. The van der Waals surface area contributed by atoms with Crippen molar-refractivity contribution in [1.29, 1.82) is 0 Å². The number of sulfone groups is 1. The van der Waals surface area contributed by atoms with Gasteiger partial charge in [0.25, 0.3) is 0 Å². The molecule has 0 bridgehead atoms. The summed E-state index contributed by atoms with van der Waals surface area (Å²) in [7, 11) is -2.89. The van der Waals surface area contributed by atoms with Gasteiger partial charge in [0.2, 0.25) is 0 Å². The van der Waals surface area contributed by atoms with Crippen LogP contribution in [0.25, 0.3) is 0 Å². The second-order valence-corrected chi connectivity index (χ2v) is 7.53. The molecule has 1 rings (SSSR count). The fraction of sp³-hybridized carbons (Fsp3) is 0.900. The summed E-state index contributed by atoms with van der Waals surface area (Å²) >= 11 is 0. The van der Waals surface area contributed by atoms with Crippen LogP contribution in [0.5, 0.6) is 0 Å². The summed E-state index contributed by atoms with van der Waals surface area (Å²) in [5.41, 5.74) is 5.66. The summed E-state index contributed by atoms with van der Waals surface area (Å²) in [6, 6.07) is -0.0927. The molecule has 1 heterocycles. The molecular weight excluding hydrogens is 226 g/mol. The number of hydrogen-bond acceptors (Lipinski definition) is 3. The van der Waals surface area contributed by atoms with Crippen molar-refractivity contribution in [2.45, 2.75) is 39.3 Å². The molecular formula is C10H21N3O2S. The first kappa shape index (κ1) is 13.3. The molecule has 2 N–H and O–H groups in total. The molecule has 1 aliphatic heterocycles. The van der Waals surface area contributed by atoms with Crippen molar-refractivity contribution in [3.05, 3.63) is 0 Å². The topological polar surface area (TPSA) is 75.8 Å². The van der Waals surface area contributed by atoms with Gasteiger partial charge in [-0.1, -0.05) is 0 Å². The van der Waals surface area contributed by atoms with Gasteiger partial charge in [0.15, 0.2) is 15.8 Å². The number of nitrogens with zero attached hydrogens (tertiary/aromatic N) is 2. The van der Waals surface area contributed by atoms with E-state index in [9.17, 15) is 8.42 Å². The monoisotopic (exact) mass is 247 g/mol. The molecule has 1 aliphatic rings. The Morgan fingerprint density at radius 2 is 2.00 bits per heavy atom. The molecule has 1 saturated heterocycles. The number of guanidine groups is 1. The molecule has 0 aliphatic carbocycles. The average molecular weight is 247 g/mol. The van der Waals surface area contributed by atoms with Gasteiger partial charge in [0.05, 0.1) is 17.0 Å².